The SMILES string of the molecule is FC(F)(F)C=C(I)c1c[nH]c2ccccc12. The number of H-pyrrole nitrogens is 1. The molecule has 1 nitrogen and oxygen atoms in total. The molecule has 0 saturated heterocycles. The van der Waals surface area contributed by atoms with Gasteiger partial charge in [-0.05, 0) is 28.7 Å². The molecule has 84 valence electrons. The van der Waals surface area contributed by atoms with Gasteiger partial charge in [0, 0.05) is 32.3 Å². The maximum absolute atomic E-state index is 12.2. The number of hydrogen-bond acceptors (Lipinski definition) is 0. The number of aromatic nitrogens is 1. The van der Waals surface area contributed by atoms with Crippen molar-refractivity contribution < 1.29 is 13.2 Å². The molecular formula is C11H7F3IN. The molecule has 0 amide bonds. The molecule has 0 atom stereocenters. The normalized spacial score (nSPS) is 13.4. The minimum absolute atomic E-state index is 0.183. The van der Waals surface area contributed by atoms with Crippen LogP contribution in [0.15, 0.2) is 36.5 Å². The van der Waals surface area contributed by atoms with E-state index in [2.05, 4.69) is 4.98 Å². The van der Waals surface area contributed by atoms with Gasteiger partial charge in [-0.1, -0.05) is 18.2 Å². The topological polar surface area (TPSA) is 15.8 Å². The van der Waals surface area contributed by atoms with E-state index in [0.29, 0.717) is 11.6 Å². The fourth-order valence-corrected chi connectivity index (χ4v) is 2.29. The van der Waals surface area contributed by atoms with Crippen molar-refractivity contribution in [1.82, 2.24) is 4.98 Å². The summed E-state index contributed by atoms with van der Waals surface area (Å²) in [5.41, 5.74) is 1.41. The van der Waals surface area contributed by atoms with Crippen LogP contribution in [0.1, 0.15) is 5.56 Å². The molecule has 1 aromatic carbocycles. The molecule has 1 N–H and O–H groups in total. The van der Waals surface area contributed by atoms with Crippen LogP contribution in [0.2, 0.25) is 0 Å². The number of alkyl halides is 3. The van der Waals surface area contributed by atoms with Gasteiger partial charge in [-0.25, -0.2) is 0 Å². The first kappa shape index (κ1) is 11.5. The van der Waals surface area contributed by atoms with E-state index in [-0.39, 0.29) is 3.58 Å². The van der Waals surface area contributed by atoms with Crippen LogP contribution in [0.3, 0.4) is 0 Å². The highest BCUT2D eigenvalue weighted by Gasteiger charge is 2.24. The summed E-state index contributed by atoms with van der Waals surface area (Å²) in [5, 5.41) is 0.799. The number of para-hydroxylation sites is 1. The number of nitrogens with one attached hydrogen (secondary N) is 1. The van der Waals surface area contributed by atoms with E-state index in [0.717, 1.165) is 10.9 Å². The summed E-state index contributed by atoms with van der Waals surface area (Å²) in [6, 6.07) is 7.26. The first-order valence-corrected chi connectivity index (χ1v) is 5.57. The highest BCUT2D eigenvalue weighted by Crippen LogP contribution is 2.32. The van der Waals surface area contributed by atoms with Gasteiger partial charge < -0.3 is 4.98 Å². The zero-order valence-electron chi connectivity index (χ0n) is 7.98. The minimum atomic E-state index is -4.28. The maximum atomic E-state index is 12.2. The van der Waals surface area contributed by atoms with Gasteiger partial charge in [0.2, 0.25) is 0 Å². The van der Waals surface area contributed by atoms with Gasteiger partial charge in [-0.15, -0.1) is 0 Å². The molecule has 0 unspecified atom stereocenters. The Labute approximate surface area is 103 Å². The largest absolute Gasteiger partial charge is 0.410 e. The van der Waals surface area contributed by atoms with Crippen molar-refractivity contribution in [3.8, 4) is 0 Å². The second kappa shape index (κ2) is 4.12. The molecule has 1 aromatic heterocycles. The number of fused-ring (bicyclic) bond motifs is 1. The second-order valence-corrected chi connectivity index (χ2v) is 4.44. The van der Waals surface area contributed by atoms with Crippen LogP contribution >= 0.6 is 22.6 Å². The Balaban J connectivity index is 2.52. The zero-order valence-corrected chi connectivity index (χ0v) is 10.1. The van der Waals surface area contributed by atoms with Crippen LogP contribution in [0.25, 0.3) is 14.5 Å². The lowest BCUT2D eigenvalue weighted by Crippen LogP contribution is -2.01. The molecule has 2 rings (SSSR count). The van der Waals surface area contributed by atoms with Crippen LogP contribution in [0.5, 0.6) is 0 Å². The molecule has 0 aliphatic heterocycles. The number of rotatable bonds is 1. The van der Waals surface area contributed by atoms with E-state index in [9.17, 15) is 13.2 Å². The number of hydrogen-bond donors (Lipinski definition) is 1. The van der Waals surface area contributed by atoms with E-state index >= 15 is 0 Å². The Morgan fingerprint density at radius 1 is 1.25 bits per heavy atom. The zero-order chi connectivity index (χ0) is 11.8. The fourth-order valence-electron chi connectivity index (χ4n) is 1.49. The fraction of sp³-hybridized carbons (Fsp3) is 0.0909. The molecule has 0 fully saturated rings. The summed E-state index contributed by atoms with van der Waals surface area (Å²) in [6.45, 7) is 0. The minimum Gasteiger partial charge on any atom is -0.361 e. The average Bonchev–Trinajstić information content (AvgIpc) is 2.58. The van der Waals surface area contributed by atoms with Crippen molar-refractivity contribution in [3.63, 3.8) is 0 Å². The molecule has 0 radical (unpaired) electrons. The van der Waals surface area contributed by atoms with Gasteiger partial charge in [0.1, 0.15) is 0 Å². The standard InChI is InChI=1S/C11H7F3IN/c12-11(13,14)5-9(15)8-6-16-10-4-2-1-3-7(8)10/h1-6,16H. The van der Waals surface area contributed by atoms with E-state index in [1.165, 1.54) is 0 Å². The summed E-state index contributed by atoms with van der Waals surface area (Å²) < 4.78 is 36.8. The van der Waals surface area contributed by atoms with Crippen LogP contribution in [-0.2, 0) is 0 Å². The smallest absolute Gasteiger partial charge is 0.361 e. The second-order valence-electron chi connectivity index (χ2n) is 3.28. The summed E-state index contributed by atoms with van der Waals surface area (Å²) in [7, 11) is 0. The van der Waals surface area contributed by atoms with Crippen molar-refractivity contribution in [2.75, 3.05) is 0 Å². The number of aromatic amines is 1. The van der Waals surface area contributed by atoms with E-state index in [4.69, 9.17) is 0 Å². The third kappa shape index (κ3) is 2.40. The van der Waals surface area contributed by atoms with Gasteiger partial charge in [0.05, 0.1) is 0 Å². The predicted octanol–water partition coefficient (Wildman–Crippen LogP) is 4.51. The lowest BCUT2D eigenvalue weighted by Gasteiger charge is -2.01. The molecule has 5 heteroatoms. The van der Waals surface area contributed by atoms with Crippen molar-refractivity contribution in [1.29, 1.82) is 0 Å². The third-order valence-electron chi connectivity index (χ3n) is 2.14. The molecule has 0 bridgehead atoms. The lowest BCUT2D eigenvalue weighted by molar-refractivity contribution is -0.0791. The molecule has 2 aromatic rings. The monoisotopic (exact) mass is 337 g/mol. The first-order valence-electron chi connectivity index (χ1n) is 4.49. The van der Waals surface area contributed by atoms with Gasteiger partial charge in [-0.2, -0.15) is 13.2 Å². The lowest BCUT2D eigenvalue weighted by atomic mass is 10.1. The molecular weight excluding hydrogens is 330 g/mol. The van der Waals surface area contributed by atoms with Crippen molar-refractivity contribution in [2.24, 2.45) is 0 Å². The Bertz CT molecular complexity index is 539. The van der Waals surface area contributed by atoms with Crippen molar-refractivity contribution >= 4 is 37.1 Å². The summed E-state index contributed by atoms with van der Waals surface area (Å²) in [6.07, 6.45) is -2.38. The Kier molecular flexibility index (Phi) is 2.96. The van der Waals surface area contributed by atoms with Crippen LogP contribution < -0.4 is 0 Å². The highest BCUT2D eigenvalue weighted by atomic mass is 127. The van der Waals surface area contributed by atoms with Gasteiger partial charge in [0.25, 0.3) is 0 Å². The molecule has 16 heavy (non-hydrogen) atoms. The van der Waals surface area contributed by atoms with Crippen molar-refractivity contribution in [3.05, 3.63) is 42.1 Å². The van der Waals surface area contributed by atoms with E-state index in [1.807, 2.05) is 12.1 Å². The molecule has 1 heterocycles. The molecule has 0 saturated carbocycles. The summed E-state index contributed by atoms with van der Waals surface area (Å²) in [4.78, 5) is 2.94. The molecule has 0 aliphatic rings. The third-order valence-corrected chi connectivity index (χ3v) is 3.03. The van der Waals surface area contributed by atoms with Crippen molar-refractivity contribution in [2.45, 2.75) is 6.18 Å². The Hall–Kier alpha value is -0.980. The number of halogens is 4. The van der Waals surface area contributed by atoms with Crippen LogP contribution in [-0.4, -0.2) is 11.2 Å². The Morgan fingerprint density at radius 3 is 2.62 bits per heavy atom. The van der Waals surface area contributed by atoms with Gasteiger partial charge in [0.15, 0.2) is 0 Å². The summed E-state index contributed by atoms with van der Waals surface area (Å²) in [5.74, 6) is 0. The first-order chi connectivity index (χ1) is 7.47. The summed E-state index contributed by atoms with van der Waals surface area (Å²) >= 11 is 1.70. The highest BCUT2D eigenvalue weighted by molar-refractivity contribution is 14.1. The Morgan fingerprint density at radius 2 is 1.94 bits per heavy atom. The predicted molar refractivity (Wildman–Crippen MR) is 66.4 cm³/mol. The van der Waals surface area contributed by atoms with Crippen LogP contribution in [0, 0.1) is 0 Å². The number of benzene rings is 1. The number of allylic oxidation sites excluding steroid dienone is 1. The van der Waals surface area contributed by atoms with Gasteiger partial charge in [-0.3, -0.25) is 0 Å². The van der Waals surface area contributed by atoms with Gasteiger partial charge >= 0.3 is 6.18 Å². The van der Waals surface area contributed by atoms with E-state index in [1.54, 1.807) is 40.9 Å². The molecule has 0 aliphatic carbocycles. The van der Waals surface area contributed by atoms with E-state index < -0.39 is 6.18 Å². The average molecular weight is 337 g/mol. The maximum Gasteiger partial charge on any atom is 0.410 e. The quantitative estimate of drug-likeness (QED) is 0.737. The van der Waals surface area contributed by atoms with Crippen LogP contribution in [0.4, 0.5) is 13.2 Å². The molecule has 0 spiro atoms.